The number of anilines is 1. The predicted octanol–water partition coefficient (Wildman–Crippen LogP) is 5.86. The van der Waals surface area contributed by atoms with E-state index in [2.05, 4.69) is 22.4 Å². The molecule has 0 aliphatic heterocycles. The zero-order valence-electron chi connectivity index (χ0n) is 16.5. The Hall–Kier alpha value is -3.03. The van der Waals surface area contributed by atoms with Crippen LogP contribution >= 0.6 is 23.1 Å². The number of rotatable bonds is 7. The van der Waals surface area contributed by atoms with Gasteiger partial charge in [0.25, 0.3) is 5.91 Å². The molecule has 0 fully saturated rings. The molecule has 0 unspecified atom stereocenters. The first-order valence-electron chi connectivity index (χ1n) is 9.27. The number of amides is 1. The lowest BCUT2D eigenvalue weighted by Crippen LogP contribution is -2.12. The second-order valence-electron chi connectivity index (χ2n) is 6.46. The highest BCUT2D eigenvalue weighted by Gasteiger charge is 2.12. The number of thiazole rings is 1. The van der Waals surface area contributed by atoms with Crippen molar-refractivity contribution >= 4 is 44.9 Å². The van der Waals surface area contributed by atoms with E-state index in [-0.39, 0.29) is 5.91 Å². The van der Waals surface area contributed by atoms with Gasteiger partial charge in [0.1, 0.15) is 0 Å². The van der Waals surface area contributed by atoms with E-state index >= 15 is 0 Å². The number of nitrogens with zero attached hydrogens (tertiary/aromatic N) is 1. The number of hydrogen-bond donors (Lipinski definition) is 1. The number of aromatic nitrogens is 1. The van der Waals surface area contributed by atoms with Crippen molar-refractivity contribution in [1.29, 1.82) is 0 Å². The van der Waals surface area contributed by atoms with Crippen LogP contribution in [-0.2, 0) is 5.75 Å². The summed E-state index contributed by atoms with van der Waals surface area (Å²) < 4.78 is 12.6. The quantitative estimate of drug-likeness (QED) is 0.368. The number of carbonyl (C=O) groups is 1. The minimum absolute atomic E-state index is 0.210. The van der Waals surface area contributed by atoms with Crippen molar-refractivity contribution in [3.8, 4) is 11.5 Å². The van der Waals surface area contributed by atoms with Crippen LogP contribution in [0.3, 0.4) is 0 Å². The molecule has 1 heterocycles. The zero-order valence-corrected chi connectivity index (χ0v) is 18.2. The van der Waals surface area contributed by atoms with Crippen LogP contribution in [0.5, 0.6) is 11.5 Å². The Balaban J connectivity index is 1.47. The van der Waals surface area contributed by atoms with Gasteiger partial charge in [0.2, 0.25) is 0 Å². The third-order valence-corrected chi connectivity index (χ3v) is 6.71. The van der Waals surface area contributed by atoms with Gasteiger partial charge in [-0.3, -0.25) is 4.79 Å². The first-order chi connectivity index (χ1) is 14.7. The normalized spacial score (nSPS) is 10.7. The Labute approximate surface area is 183 Å². The van der Waals surface area contributed by atoms with E-state index in [1.165, 1.54) is 5.56 Å². The highest BCUT2D eigenvalue weighted by atomic mass is 32.2. The predicted molar refractivity (Wildman–Crippen MR) is 123 cm³/mol. The standard InChI is InChI=1S/C23H20N2O3S2/c1-27-19-11-8-16(12-20(19)28-2)22(26)24-17-9-10-18-21(13-17)30-23(25-18)29-14-15-6-4-3-5-7-15/h3-13H,14H2,1-2H3,(H,24,26). The molecule has 1 amide bonds. The summed E-state index contributed by atoms with van der Waals surface area (Å²) in [5.41, 5.74) is 3.42. The van der Waals surface area contributed by atoms with Gasteiger partial charge in [-0.05, 0) is 42.0 Å². The summed E-state index contributed by atoms with van der Waals surface area (Å²) in [7, 11) is 3.11. The first kappa shape index (κ1) is 20.3. The maximum Gasteiger partial charge on any atom is 0.255 e. The summed E-state index contributed by atoms with van der Waals surface area (Å²) in [4.78, 5) is 17.3. The van der Waals surface area contributed by atoms with E-state index in [0.717, 1.165) is 26.0 Å². The van der Waals surface area contributed by atoms with Crippen LogP contribution in [0, 0.1) is 0 Å². The number of ether oxygens (including phenoxy) is 2. The van der Waals surface area contributed by atoms with Crippen LogP contribution in [0.2, 0.25) is 0 Å². The van der Waals surface area contributed by atoms with E-state index in [9.17, 15) is 4.79 Å². The second-order valence-corrected chi connectivity index (χ2v) is 8.71. The fourth-order valence-electron chi connectivity index (χ4n) is 2.94. The fraction of sp³-hybridized carbons (Fsp3) is 0.130. The maximum absolute atomic E-state index is 12.7. The minimum Gasteiger partial charge on any atom is -0.493 e. The maximum atomic E-state index is 12.7. The van der Waals surface area contributed by atoms with Crippen LogP contribution in [0.15, 0.2) is 71.1 Å². The highest BCUT2D eigenvalue weighted by molar-refractivity contribution is 8.00. The molecule has 5 nitrogen and oxygen atoms in total. The number of nitrogens with one attached hydrogen (secondary N) is 1. The Bertz CT molecular complexity index is 1180. The summed E-state index contributed by atoms with van der Waals surface area (Å²) in [6, 6.07) is 21.2. The van der Waals surface area contributed by atoms with Crippen molar-refractivity contribution in [2.24, 2.45) is 0 Å². The fourth-order valence-corrected chi connectivity index (χ4v) is 5.01. The van der Waals surface area contributed by atoms with E-state index in [4.69, 9.17) is 9.47 Å². The molecule has 0 aliphatic carbocycles. The molecular formula is C23H20N2O3S2. The van der Waals surface area contributed by atoms with E-state index in [1.807, 2.05) is 36.4 Å². The van der Waals surface area contributed by atoms with Crippen LogP contribution < -0.4 is 14.8 Å². The van der Waals surface area contributed by atoms with Crippen LogP contribution in [0.1, 0.15) is 15.9 Å². The van der Waals surface area contributed by atoms with Gasteiger partial charge in [0.15, 0.2) is 15.8 Å². The molecule has 152 valence electrons. The second kappa shape index (κ2) is 9.19. The average molecular weight is 437 g/mol. The van der Waals surface area contributed by atoms with E-state index in [0.29, 0.717) is 17.1 Å². The molecule has 7 heteroatoms. The molecule has 4 rings (SSSR count). The largest absolute Gasteiger partial charge is 0.493 e. The van der Waals surface area contributed by atoms with E-state index in [1.54, 1.807) is 55.5 Å². The lowest BCUT2D eigenvalue weighted by molar-refractivity contribution is 0.102. The van der Waals surface area contributed by atoms with Gasteiger partial charge in [-0.2, -0.15) is 0 Å². The molecule has 0 bridgehead atoms. The third kappa shape index (κ3) is 4.58. The van der Waals surface area contributed by atoms with Gasteiger partial charge in [0.05, 0.1) is 24.4 Å². The first-order valence-corrected chi connectivity index (χ1v) is 11.1. The lowest BCUT2D eigenvalue weighted by Gasteiger charge is -2.10. The molecule has 0 aliphatic rings. The van der Waals surface area contributed by atoms with E-state index < -0.39 is 0 Å². The number of benzene rings is 3. The smallest absolute Gasteiger partial charge is 0.255 e. The summed E-state index contributed by atoms with van der Waals surface area (Å²) in [6.07, 6.45) is 0. The van der Waals surface area contributed by atoms with Gasteiger partial charge < -0.3 is 14.8 Å². The van der Waals surface area contributed by atoms with Crippen LogP contribution in [0.25, 0.3) is 10.2 Å². The Morgan fingerprint density at radius 1 is 1.00 bits per heavy atom. The summed E-state index contributed by atoms with van der Waals surface area (Å²) in [5, 5.41) is 2.94. The molecule has 1 aromatic heterocycles. The molecule has 0 spiro atoms. The molecule has 1 N–H and O–H groups in total. The average Bonchev–Trinajstić information content (AvgIpc) is 3.20. The topological polar surface area (TPSA) is 60.5 Å². The van der Waals surface area contributed by atoms with Crippen molar-refractivity contribution in [2.75, 3.05) is 19.5 Å². The van der Waals surface area contributed by atoms with Gasteiger partial charge >= 0.3 is 0 Å². The monoisotopic (exact) mass is 436 g/mol. The highest BCUT2D eigenvalue weighted by Crippen LogP contribution is 2.33. The summed E-state index contributed by atoms with van der Waals surface area (Å²) in [6.45, 7) is 0. The van der Waals surface area contributed by atoms with Crippen molar-refractivity contribution in [1.82, 2.24) is 4.98 Å². The van der Waals surface area contributed by atoms with Crippen LogP contribution in [-0.4, -0.2) is 25.1 Å². The lowest BCUT2D eigenvalue weighted by atomic mass is 10.2. The third-order valence-electron chi connectivity index (χ3n) is 4.48. The van der Waals surface area contributed by atoms with Gasteiger partial charge in [0, 0.05) is 17.0 Å². The molecule has 4 aromatic rings. The molecule has 0 atom stereocenters. The zero-order chi connectivity index (χ0) is 20.9. The number of thioether (sulfide) groups is 1. The number of methoxy groups -OCH3 is 2. The number of hydrogen-bond acceptors (Lipinski definition) is 6. The van der Waals surface area contributed by atoms with Gasteiger partial charge in [-0.25, -0.2) is 4.98 Å². The van der Waals surface area contributed by atoms with Crippen LogP contribution in [0.4, 0.5) is 5.69 Å². The van der Waals surface area contributed by atoms with Gasteiger partial charge in [-0.1, -0.05) is 42.1 Å². The molecule has 0 radical (unpaired) electrons. The SMILES string of the molecule is COc1ccc(C(=O)Nc2ccc3nc(SCc4ccccc4)sc3c2)cc1OC. The Morgan fingerprint density at radius 3 is 2.57 bits per heavy atom. The molecule has 0 saturated heterocycles. The van der Waals surface area contributed by atoms with Crippen molar-refractivity contribution < 1.29 is 14.3 Å². The summed E-state index contributed by atoms with van der Waals surface area (Å²) in [5.74, 6) is 1.77. The van der Waals surface area contributed by atoms with Crippen molar-refractivity contribution in [2.45, 2.75) is 10.1 Å². The van der Waals surface area contributed by atoms with Crippen molar-refractivity contribution in [3.63, 3.8) is 0 Å². The number of carbonyl (C=O) groups excluding carboxylic acids is 1. The minimum atomic E-state index is -0.210. The molecular weight excluding hydrogens is 416 g/mol. The molecule has 3 aromatic carbocycles. The molecule has 30 heavy (non-hydrogen) atoms. The molecule has 0 saturated carbocycles. The van der Waals surface area contributed by atoms with Crippen molar-refractivity contribution in [3.05, 3.63) is 77.9 Å². The Morgan fingerprint density at radius 2 is 1.80 bits per heavy atom. The number of fused-ring (bicyclic) bond motifs is 1. The van der Waals surface area contributed by atoms with Gasteiger partial charge in [-0.15, -0.1) is 11.3 Å². The summed E-state index contributed by atoms with van der Waals surface area (Å²) >= 11 is 3.35. The Kier molecular flexibility index (Phi) is 6.21.